The molecule has 0 aromatic carbocycles. The summed E-state index contributed by atoms with van der Waals surface area (Å²) >= 11 is 0. The van der Waals surface area contributed by atoms with Gasteiger partial charge in [0.2, 0.25) is 0 Å². The lowest BCUT2D eigenvalue weighted by molar-refractivity contribution is 0.183. The minimum atomic E-state index is 0.00116. The zero-order valence-electron chi connectivity index (χ0n) is 9.04. The van der Waals surface area contributed by atoms with Gasteiger partial charge in [0.15, 0.2) is 0 Å². The summed E-state index contributed by atoms with van der Waals surface area (Å²) in [7, 11) is 0. The number of hydrogen-bond donors (Lipinski definition) is 1. The predicted molar refractivity (Wildman–Crippen MR) is 54.4 cm³/mol. The molecule has 1 aromatic heterocycles. The number of carbonyl (C=O) groups excluding carboxylic acids is 1. The molecule has 1 fully saturated rings. The van der Waals surface area contributed by atoms with Gasteiger partial charge in [-0.2, -0.15) is 0 Å². The second-order valence-electron chi connectivity index (χ2n) is 3.81. The third-order valence-corrected chi connectivity index (χ3v) is 2.70. The minimum Gasteiger partial charge on any atom is -0.361 e. The van der Waals surface area contributed by atoms with Crippen LogP contribution in [0.4, 0.5) is 4.79 Å². The van der Waals surface area contributed by atoms with Crippen molar-refractivity contribution >= 4 is 6.03 Å². The molecule has 2 heterocycles. The largest absolute Gasteiger partial charge is 0.361 e. The van der Waals surface area contributed by atoms with Crippen molar-refractivity contribution in [1.82, 2.24) is 15.4 Å². The van der Waals surface area contributed by atoms with Gasteiger partial charge in [0.1, 0.15) is 5.76 Å². The van der Waals surface area contributed by atoms with Crippen LogP contribution >= 0.6 is 0 Å². The number of carbonyl (C=O) groups is 1. The van der Waals surface area contributed by atoms with Crippen LogP contribution < -0.4 is 5.32 Å². The zero-order valence-corrected chi connectivity index (χ0v) is 9.04. The molecule has 5 heteroatoms. The monoisotopic (exact) mass is 209 g/mol. The van der Waals surface area contributed by atoms with Crippen molar-refractivity contribution in [2.45, 2.75) is 26.8 Å². The number of aryl methyl sites for hydroxylation is 2. The van der Waals surface area contributed by atoms with Crippen LogP contribution in [0.3, 0.4) is 0 Å². The lowest BCUT2D eigenvalue weighted by atomic mass is 10.2. The SMILES string of the molecule is Cc1noc(C)c1CN1CCCNC1=O. The summed E-state index contributed by atoms with van der Waals surface area (Å²) in [5, 5.41) is 6.69. The number of nitrogens with zero attached hydrogens (tertiary/aromatic N) is 2. The number of rotatable bonds is 2. The number of aromatic nitrogens is 1. The van der Waals surface area contributed by atoms with Crippen LogP contribution in [0.25, 0.3) is 0 Å². The highest BCUT2D eigenvalue weighted by Crippen LogP contribution is 2.16. The van der Waals surface area contributed by atoms with E-state index in [0.717, 1.165) is 36.5 Å². The standard InChI is InChI=1S/C10H15N3O2/c1-7-9(8(2)15-12-7)6-13-5-3-4-11-10(13)14/h3-6H2,1-2H3,(H,11,14). The molecule has 0 aliphatic carbocycles. The fourth-order valence-corrected chi connectivity index (χ4v) is 1.75. The van der Waals surface area contributed by atoms with Gasteiger partial charge in [0.05, 0.1) is 12.2 Å². The Hall–Kier alpha value is -1.52. The van der Waals surface area contributed by atoms with E-state index >= 15 is 0 Å². The van der Waals surface area contributed by atoms with Crippen LogP contribution in [0, 0.1) is 13.8 Å². The Morgan fingerprint density at radius 2 is 2.33 bits per heavy atom. The fraction of sp³-hybridized carbons (Fsp3) is 0.600. The number of urea groups is 1. The summed E-state index contributed by atoms with van der Waals surface area (Å²) in [4.78, 5) is 13.3. The van der Waals surface area contributed by atoms with Crippen LogP contribution in [0.15, 0.2) is 4.52 Å². The molecule has 0 radical (unpaired) electrons. The van der Waals surface area contributed by atoms with Crippen molar-refractivity contribution in [3.05, 3.63) is 17.0 Å². The van der Waals surface area contributed by atoms with Crippen molar-refractivity contribution in [2.24, 2.45) is 0 Å². The second-order valence-corrected chi connectivity index (χ2v) is 3.81. The summed E-state index contributed by atoms with van der Waals surface area (Å²) in [6, 6.07) is 0.00116. The topological polar surface area (TPSA) is 58.4 Å². The quantitative estimate of drug-likeness (QED) is 0.796. The lowest BCUT2D eigenvalue weighted by Gasteiger charge is -2.27. The van der Waals surface area contributed by atoms with Gasteiger partial charge in [0, 0.05) is 18.7 Å². The van der Waals surface area contributed by atoms with Crippen LogP contribution in [-0.2, 0) is 6.54 Å². The molecule has 82 valence electrons. The van der Waals surface area contributed by atoms with Crippen molar-refractivity contribution in [2.75, 3.05) is 13.1 Å². The van der Waals surface area contributed by atoms with E-state index in [-0.39, 0.29) is 6.03 Å². The van der Waals surface area contributed by atoms with Crippen LogP contribution in [0.5, 0.6) is 0 Å². The summed E-state index contributed by atoms with van der Waals surface area (Å²) in [5.41, 5.74) is 1.89. The predicted octanol–water partition coefficient (Wildman–Crippen LogP) is 1.21. The average Bonchev–Trinajstić information content (AvgIpc) is 2.53. The smallest absolute Gasteiger partial charge is 0.317 e. The van der Waals surface area contributed by atoms with Gasteiger partial charge < -0.3 is 14.7 Å². The molecule has 0 bridgehead atoms. The normalized spacial score (nSPS) is 16.7. The minimum absolute atomic E-state index is 0.00116. The van der Waals surface area contributed by atoms with Gasteiger partial charge >= 0.3 is 6.03 Å². The highest BCUT2D eigenvalue weighted by Gasteiger charge is 2.20. The molecule has 0 unspecified atom stereocenters. The van der Waals surface area contributed by atoms with E-state index in [4.69, 9.17) is 4.52 Å². The van der Waals surface area contributed by atoms with Gasteiger partial charge in [-0.3, -0.25) is 0 Å². The van der Waals surface area contributed by atoms with Crippen LogP contribution in [-0.4, -0.2) is 29.2 Å². The first kappa shape index (κ1) is 10.0. The van der Waals surface area contributed by atoms with E-state index in [9.17, 15) is 4.79 Å². The molecule has 0 saturated carbocycles. The highest BCUT2D eigenvalue weighted by molar-refractivity contribution is 5.74. The Morgan fingerprint density at radius 1 is 1.53 bits per heavy atom. The number of hydrogen-bond acceptors (Lipinski definition) is 3. The van der Waals surface area contributed by atoms with Gasteiger partial charge in [-0.25, -0.2) is 4.79 Å². The molecular weight excluding hydrogens is 194 g/mol. The van der Waals surface area contributed by atoms with Crippen LogP contribution in [0.2, 0.25) is 0 Å². The first-order valence-electron chi connectivity index (χ1n) is 5.13. The molecular formula is C10H15N3O2. The Labute approximate surface area is 88.4 Å². The van der Waals surface area contributed by atoms with Crippen molar-refractivity contribution in [1.29, 1.82) is 0 Å². The van der Waals surface area contributed by atoms with Gasteiger partial charge in [-0.1, -0.05) is 5.16 Å². The molecule has 0 atom stereocenters. The molecule has 0 spiro atoms. The van der Waals surface area contributed by atoms with E-state index in [1.807, 2.05) is 13.8 Å². The van der Waals surface area contributed by atoms with E-state index in [1.165, 1.54) is 0 Å². The van der Waals surface area contributed by atoms with Crippen molar-refractivity contribution in [3.63, 3.8) is 0 Å². The maximum absolute atomic E-state index is 11.5. The summed E-state index contributed by atoms with van der Waals surface area (Å²) in [6.07, 6.45) is 0.995. The maximum Gasteiger partial charge on any atom is 0.317 e. The maximum atomic E-state index is 11.5. The van der Waals surface area contributed by atoms with Crippen molar-refractivity contribution < 1.29 is 9.32 Å². The fourth-order valence-electron chi connectivity index (χ4n) is 1.75. The van der Waals surface area contributed by atoms with Gasteiger partial charge in [0.25, 0.3) is 0 Å². The first-order valence-corrected chi connectivity index (χ1v) is 5.13. The summed E-state index contributed by atoms with van der Waals surface area (Å²) in [6.45, 7) is 5.94. The Bertz CT molecular complexity index is 353. The van der Waals surface area contributed by atoms with Gasteiger partial charge in [-0.05, 0) is 20.3 Å². The number of nitrogens with one attached hydrogen (secondary N) is 1. The molecule has 1 N–H and O–H groups in total. The summed E-state index contributed by atoms with van der Waals surface area (Å²) in [5.74, 6) is 0.797. The first-order chi connectivity index (χ1) is 7.18. The van der Waals surface area contributed by atoms with E-state index in [2.05, 4.69) is 10.5 Å². The molecule has 15 heavy (non-hydrogen) atoms. The molecule has 2 amide bonds. The number of amides is 2. The Balaban J connectivity index is 2.10. The van der Waals surface area contributed by atoms with E-state index < -0.39 is 0 Å². The average molecular weight is 209 g/mol. The molecule has 1 aliphatic rings. The molecule has 1 aliphatic heterocycles. The molecule has 5 nitrogen and oxygen atoms in total. The van der Waals surface area contributed by atoms with Gasteiger partial charge in [-0.15, -0.1) is 0 Å². The molecule has 1 saturated heterocycles. The lowest BCUT2D eigenvalue weighted by Crippen LogP contribution is -2.45. The highest BCUT2D eigenvalue weighted by atomic mass is 16.5. The molecule has 1 aromatic rings. The van der Waals surface area contributed by atoms with Crippen molar-refractivity contribution in [3.8, 4) is 0 Å². The third kappa shape index (κ3) is 1.95. The molecule has 2 rings (SSSR count). The van der Waals surface area contributed by atoms with Crippen LogP contribution in [0.1, 0.15) is 23.4 Å². The zero-order chi connectivity index (χ0) is 10.8. The van der Waals surface area contributed by atoms with E-state index in [0.29, 0.717) is 6.54 Å². The Morgan fingerprint density at radius 3 is 2.93 bits per heavy atom. The third-order valence-electron chi connectivity index (χ3n) is 2.70. The second kappa shape index (κ2) is 3.92. The Kier molecular flexibility index (Phi) is 2.62. The van der Waals surface area contributed by atoms with E-state index in [1.54, 1.807) is 4.90 Å². The summed E-state index contributed by atoms with van der Waals surface area (Å²) < 4.78 is 5.06.